The molecular weight excluding hydrogens is 356 g/mol. The Morgan fingerprint density at radius 1 is 1.18 bits per heavy atom. The van der Waals surface area contributed by atoms with Crippen molar-refractivity contribution in [1.82, 2.24) is 0 Å². The molecule has 10 nitrogen and oxygen atoms in total. The number of thioether (sulfide) groups is 2. The first kappa shape index (κ1) is 25.9. The average Bonchev–Trinajstić information content (AvgIpc) is 2.24. The molecule has 0 saturated carbocycles. The monoisotopic (exact) mass is 378 g/mol. The lowest BCUT2D eigenvalue weighted by atomic mass is 10.2. The van der Waals surface area contributed by atoms with Gasteiger partial charge in [-0.15, -0.1) is 0 Å². The van der Waals surface area contributed by atoms with E-state index in [1.54, 1.807) is 33.3 Å². The summed E-state index contributed by atoms with van der Waals surface area (Å²) in [5.41, 5.74) is 9.63. The van der Waals surface area contributed by atoms with Crippen LogP contribution in [0.4, 0.5) is 4.79 Å². The quantitative estimate of drug-likeness (QED) is 0.232. The standard InChI is InChI=1S/C7H14N2O2S.C2H6N2S.H2O4S/c1-7(2,3)11-6(10)9-5(8)12-4;1-5-2(3)4;1-5(2,3)4/h1-4H3,(H2,8,9,10);1H3,(H3,3,4);(H2,1,2,3,4). The maximum absolute atomic E-state index is 10.9. The maximum Gasteiger partial charge on any atom is 0.436 e. The van der Waals surface area contributed by atoms with Crippen LogP contribution in [0, 0.1) is 5.41 Å². The molecule has 0 fully saturated rings. The van der Waals surface area contributed by atoms with E-state index < -0.39 is 22.1 Å². The third-order valence-electron chi connectivity index (χ3n) is 1.02. The van der Waals surface area contributed by atoms with E-state index in [2.05, 4.69) is 4.99 Å². The van der Waals surface area contributed by atoms with Crippen molar-refractivity contribution in [3.63, 3.8) is 0 Å². The first-order valence-corrected chi connectivity index (χ1v) is 9.16. The summed E-state index contributed by atoms with van der Waals surface area (Å²) in [5.74, 6) is 0. The fraction of sp³-hybridized carbons (Fsp3) is 0.667. The number of hydrogen-bond donors (Lipinski definition) is 5. The zero-order valence-electron chi connectivity index (χ0n) is 12.9. The number of nitrogens with zero attached hydrogens (tertiary/aromatic N) is 1. The second kappa shape index (κ2) is 12.5. The lowest BCUT2D eigenvalue weighted by Crippen LogP contribution is -2.23. The van der Waals surface area contributed by atoms with Crippen molar-refractivity contribution in [1.29, 1.82) is 5.41 Å². The molecule has 0 aromatic rings. The van der Waals surface area contributed by atoms with E-state index in [-0.39, 0.29) is 10.3 Å². The minimum absolute atomic E-state index is 0.171. The van der Waals surface area contributed by atoms with Crippen molar-refractivity contribution in [2.45, 2.75) is 26.4 Å². The Kier molecular flexibility index (Phi) is 14.7. The van der Waals surface area contributed by atoms with Crippen LogP contribution in [0.2, 0.25) is 0 Å². The molecule has 0 aromatic heterocycles. The highest BCUT2D eigenvalue weighted by molar-refractivity contribution is 8.13. The number of aliphatic imine (C=N–C) groups is 1. The molecule has 0 radical (unpaired) electrons. The second-order valence-corrected chi connectivity index (χ2v) is 6.72. The molecule has 13 heteroatoms. The maximum atomic E-state index is 10.9. The van der Waals surface area contributed by atoms with Crippen LogP contribution in [-0.2, 0) is 15.1 Å². The van der Waals surface area contributed by atoms with Crippen LogP contribution in [0.15, 0.2) is 4.99 Å². The minimum atomic E-state index is -4.67. The highest BCUT2D eigenvalue weighted by Gasteiger charge is 2.15. The van der Waals surface area contributed by atoms with Crippen molar-refractivity contribution in [3.8, 4) is 0 Å². The number of nitrogens with one attached hydrogen (secondary N) is 1. The van der Waals surface area contributed by atoms with Crippen LogP contribution < -0.4 is 11.5 Å². The lowest BCUT2D eigenvalue weighted by molar-refractivity contribution is 0.0604. The molecule has 0 saturated heterocycles. The molecule has 7 N–H and O–H groups in total. The number of amidine groups is 2. The zero-order chi connectivity index (χ0) is 18.6. The zero-order valence-corrected chi connectivity index (χ0v) is 15.3. The number of rotatable bonds is 0. The van der Waals surface area contributed by atoms with E-state index in [1.807, 2.05) is 0 Å². The molecule has 0 aliphatic heterocycles. The molecule has 1 amide bonds. The summed E-state index contributed by atoms with van der Waals surface area (Å²) in [6.45, 7) is 5.32. The van der Waals surface area contributed by atoms with E-state index in [0.717, 1.165) is 0 Å². The van der Waals surface area contributed by atoms with Gasteiger partial charge in [-0.1, -0.05) is 23.5 Å². The highest BCUT2D eigenvalue weighted by Crippen LogP contribution is 2.08. The Labute approximate surface area is 138 Å². The topological polar surface area (TPSA) is 189 Å². The van der Waals surface area contributed by atoms with Crippen molar-refractivity contribution < 1.29 is 27.1 Å². The molecule has 0 heterocycles. The molecule has 0 atom stereocenters. The van der Waals surface area contributed by atoms with Crippen LogP contribution in [0.25, 0.3) is 0 Å². The summed E-state index contributed by atoms with van der Waals surface area (Å²) in [6, 6.07) is 0. The minimum Gasteiger partial charge on any atom is -0.442 e. The molecule has 0 bridgehead atoms. The van der Waals surface area contributed by atoms with E-state index in [1.165, 1.54) is 23.5 Å². The van der Waals surface area contributed by atoms with E-state index in [0.29, 0.717) is 0 Å². The van der Waals surface area contributed by atoms with Gasteiger partial charge in [-0.2, -0.15) is 13.4 Å². The Morgan fingerprint density at radius 3 is 1.68 bits per heavy atom. The molecule has 0 unspecified atom stereocenters. The van der Waals surface area contributed by atoms with Crippen LogP contribution in [0.1, 0.15) is 20.8 Å². The molecule has 0 aromatic carbocycles. The van der Waals surface area contributed by atoms with Gasteiger partial charge in [-0.05, 0) is 33.3 Å². The smallest absolute Gasteiger partial charge is 0.436 e. The number of carbonyl (C=O) groups is 1. The average molecular weight is 378 g/mol. The van der Waals surface area contributed by atoms with Crippen molar-refractivity contribution >= 4 is 50.4 Å². The van der Waals surface area contributed by atoms with Crippen molar-refractivity contribution in [2.75, 3.05) is 12.5 Å². The van der Waals surface area contributed by atoms with Gasteiger partial charge in [-0.3, -0.25) is 14.5 Å². The lowest BCUT2D eigenvalue weighted by Gasteiger charge is -2.17. The number of nitrogens with two attached hydrogens (primary N) is 2. The Balaban J connectivity index is -0.000000298. The fourth-order valence-corrected chi connectivity index (χ4v) is 0.586. The summed E-state index contributed by atoms with van der Waals surface area (Å²) >= 11 is 2.45. The van der Waals surface area contributed by atoms with Gasteiger partial charge in [0.2, 0.25) is 0 Å². The number of carbonyl (C=O) groups excluding carboxylic acids is 1. The Bertz CT molecular complexity index is 464. The van der Waals surface area contributed by atoms with E-state index >= 15 is 0 Å². The van der Waals surface area contributed by atoms with Crippen molar-refractivity contribution in [2.24, 2.45) is 16.5 Å². The van der Waals surface area contributed by atoms with Gasteiger partial charge < -0.3 is 16.2 Å². The number of amides is 1. The first-order valence-electron chi connectivity index (χ1n) is 5.31. The van der Waals surface area contributed by atoms with E-state index in [4.69, 9.17) is 39.1 Å². The number of hydrogen-bond acceptors (Lipinski definition) is 7. The van der Waals surface area contributed by atoms with Gasteiger partial charge in [0, 0.05) is 0 Å². The van der Waals surface area contributed by atoms with Crippen LogP contribution in [-0.4, -0.2) is 52.1 Å². The van der Waals surface area contributed by atoms with Gasteiger partial charge >= 0.3 is 16.5 Å². The summed E-state index contributed by atoms with van der Waals surface area (Å²) in [7, 11) is -4.67. The summed E-state index contributed by atoms with van der Waals surface area (Å²) < 4.78 is 36.5. The summed E-state index contributed by atoms with van der Waals surface area (Å²) in [5, 5.41) is 6.87. The Hall–Kier alpha value is -1.02. The van der Waals surface area contributed by atoms with Crippen LogP contribution in [0.5, 0.6) is 0 Å². The normalized spacial score (nSPS) is 11.3. The van der Waals surface area contributed by atoms with Gasteiger partial charge in [0.05, 0.1) is 0 Å². The molecular formula is C9H22N4O6S3. The predicted molar refractivity (Wildman–Crippen MR) is 91.0 cm³/mol. The predicted octanol–water partition coefficient (Wildman–Crippen LogP) is 1.19. The SMILES string of the molecule is CSC(=N)N.CSC(N)=NC(=O)OC(C)(C)C.O=S(=O)(O)O. The molecule has 0 aliphatic carbocycles. The van der Waals surface area contributed by atoms with Crippen LogP contribution in [0.3, 0.4) is 0 Å². The van der Waals surface area contributed by atoms with Gasteiger partial charge in [0.1, 0.15) is 5.60 Å². The summed E-state index contributed by atoms with van der Waals surface area (Å²) in [6.07, 6.45) is 2.86. The molecule has 132 valence electrons. The first-order chi connectivity index (χ1) is 9.62. The van der Waals surface area contributed by atoms with Crippen LogP contribution >= 0.6 is 23.5 Å². The second-order valence-electron chi connectivity index (χ2n) is 4.15. The summed E-state index contributed by atoms with van der Waals surface area (Å²) in [4.78, 5) is 14.4. The van der Waals surface area contributed by atoms with Gasteiger partial charge in [0.15, 0.2) is 10.3 Å². The van der Waals surface area contributed by atoms with Crippen molar-refractivity contribution in [3.05, 3.63) is 0 Å². The Morgan fingerprint density at radius 2 is 1.50 bits per heavy atom. The molecule has 0 rings (SSSR count). The third kappa shape index (κ3) is 42.8. The number of ether oxygens (including phenoxy) is 1. The fourth-order valence-electron chi connectivity index (χ4n) is 0.420. The largest absolute Gasteiger partial charge is 0.442 e. The molecule has 0 aliphatic rings. The molecule has 0 spiro atoms. The highest BCUT2D eigenvalue weighted by atomic mass is 32.3. The van der Waals surface area contributed by atoms with E-state index in [9.17, 15) is 4.79 Å². The third-order valence-corrected chi connectivity index (χ3v) is 1.97. The van der Waals surface area contributed by atoms with Gasteiger partial charge in [0.25, 0.3) is 0 Å². The molecule has 22 heavy (non-hydrogen) atoms. The van der Waals surface area contributed by atoms with Gasteiger partial charge in [-0.25, -0.2) is 4.79 Å².